The van der Waals surface area contributed by atoms with Crippen LogP contribution in [0.4, 0.5) is 26.3 Å². The van der Waals surface area contributed by atoms with Crippen molar-refractivity contribution >= 4 is 0 Å². The summed E-state index contributed by atoms with van der Waals surface area (Å²) in [6.45, 7) is 4.34. The molecular formula is C11H14F6O2. The second-order valence-corrected chi connectivity index (χ2v) is 3.56. The molecule has 0 spiro atoms. The maximum Gasteiger partial charge on any atom is 0.372 e. The maximum atomic E-state index is 13.2. The zero-order valence-electron chi connectivity index (χ0n) is 9.98. The molecule has 0 rings (SSSR count). The summed E-state index contributed by atoms with van der Waals surface area (Å²) < 4.78 is 87.3. The fourth-order valence-electron chi connectivity index (χ4n) is 1.12. The van der Waals surface area contributed by atoms with Crippen molar-refractivity contribution in [2.75, 3.05) is 13.2 Å². The van der Waals surface area contributed by atoms with Gasteiger partial charge in [0.1, 0.15) is 0 Å². The van der Waals surface area contributed by atoms with Gasteiger partial charge in [-0.05, 0) is 0 Å². The largest absolute Gasteiger partial charge is 0.502 e. The zero-order chi connectivity index (χ0) is 15.2. The highest BCUT2D eigenvalue weighted by Crippen LogP contribution is 2.48. The summed E-state index contributed by atoms with van der Waals surface area (Å²) in [5.74, 6) is -15.3. The molecule has 0 N–H and O–H groups in total. The first-order valence-corrected chi connectivity index (χ1v) is 5.21. The van der Waals surface area contributed by atoms with Crippen molar-refractivity contribution in [3.8, 4) is 0 Å². The number of hydrogen-bond acceptors (Lipinski definition) is 2. The van der Waals surface area contributed by atoms with Crippen molar-refractivity contribution < 1.29 is 35.8 Å². The van der Waals surface area contributed by atoms with E-state index >= 15 is 0 Å². The van der Waals surface area contributed by atoms with E-state index in [0.29, 0.717) is 0 Å². The third-order valence-electron chi connectivity index (χ3n) is 2.22. The second-order valence-electron chi connectivity index (χ2n) is 3.56. The first-order chi connectivity index (χ1) is 8.62. The van der Waals surface area contributed by atoms with Crippen LogP contribution in [-0.4, -0.2) is 31.0 Å². The molecule has 0 amide bonds. The molecule has 0 aromatic carbocycles. The normalized spacial score (nSPS) is 12.9. The predicted molar refractivity (Wildman–Crippen MR) is 56.4 cm³/mol. The highest BCUT2D eigenvalue weighted by Gasteiger charge is 2.70. The van der Waals surface area contributed by atoms with Gasteiger partial charge in [0, 0.05) is 0 Å². The van der Waals surface area contributed by atoms with Crippen molar-refractivity contribution in [2.24, 2.45) is 0 Å². The minimum Gasteiger partial charge on any atom is -0.502 e. The Morgan fingerprint density at radius 2 is 1.05 bits per heavy atom. The predicted octanol–water partition coefficient (Wildman–Crippen LogP) is 3.99. The number of alkyl halides is 6. The van der Waals surface area contributed by atoms with Crippen molar-refractivity contribution in [2.45, 2.75) is 30.6 Å². The molecule has 0 aliphatic heterocycles. The molecule has 0 aromatic heterocycles. The van der Waals surface area contributed by atoms with E-state index in [9.17, 15) is 26.3 Å². The van der Waals surface area contributed by atoms with Gasteiger partial charge >= 0.3 is 17.8 Å². The molecule has 0 aromatic rings. The van der Waals surface area contributed by atoms with Crippen molar-refractivity contribution in [3.05, 3.63) is 25.7 Å². The third kappa shape index (κ3) is 4.36. The Bertz CT molecular complexity index is 276. The summed E-state index contributed by atoms with van der Waals surface area (Å²) in [6, 6.07) is 0. The van der Waals surface area contributed by atoms with Gasteiger partial charge in [0.05, 0.1) is 38.6 Å². The summed E-state index contributed by atoms with van der Waals surface area (Å²) in [6.07, 6.45) is -1.59. The Hall–Kier alpha value is -1.34. The van der Waals surface area contributed by atoms with Gasteiger partial charge in [0.25, 0.3) is 0 Å². The first-order valence-electron chi connectivity index (χ1n) is 5.21. The van der Waals surface area contributed by atoms with Gasteiger partial charge in [-0.3, -0.25) is 0 Å². The lowest BCUT2D eigenvalue weighted by atomic mass is 10.00. The van der Waals surface area contributed by atoms with E-state index in [1.54, 1.807) is 0 Å². The summed E-state index contributed by atoms with van der Waals surface area (Å²) in [5, 5.41) is 0. The highest BCUT2D eigenvalue weighted by atomic mass is 19.3. The molecule has 0 heterocycles. The molecule has 0 fully saturated rings. The van der Waals surface area contributed by atoms with Gasteiger partial charge in [-0.25, -0.2) is 0 Å². The van der Waals surface area contributed by atoms with Crippen molar-refractivity contribution in [1.82, 2.24) is 0 Å². The van der Waals surface area contributed by atoms with Gasteiger partial charge in [-0.2, -0.15) is 26.3 Å². The van der Waals surface area contributed by atoms with Crippen LogP contribution in [0.1, 0.15) is 12.8 Å². The minimum atomic E-state index is -5.50. The molecule has 0 radical (unpaired) electrons. The van der Waals surface area contributed by atoms with E-state index in [1.165, 1.54) is 0 Å². The molecular weight excluding hydrogens is 278 g/mol. The Morgan fingerprint density at radius 3 is 1.32 bits per heavy atom. The Kier molecular flexibility index (Phi) is 6.24. The Morgan fingerprint density at radius 1 is 0.737 bits per heavy atom. The van der Waals surface area contributed by atoms with Gasteiger partial charge in [0.2, 0.25) is 0 Å². The van der Waals surface area contributed by atoms with Crippen LogP contribution in [-0.2, 0) is 9.47 Å². The van der Waals surface area contributed by atoms with Crippen molar-refractivity contribution in [3.63, 3.8) is 0 Å². The molecule has 112 valence electrons. The highest BCUT2D eigenvalue weighted by molar-refractivity contribution is 4.96. The van der Waals surface area contributed by atoms with E-state index in [-0.39, 0.29) is 0 Å². The zero-order valence-corrected chi connectivity index (χ0v) is 9.98. The standard InChI is InChI=1S/C11H14F6O2/c1-3-18-7-5-9(12,13)11(16,17)10(14,15)6-8-19-4-2/h3-4H,1-2,5-8H2. The molecule has 8 heteroatoms. The van der Waals surface area contributed by atoms with Crippen LogP contribution < -0.4 is 0 Å². The summed E-state index contributed by atoms with van der Waals surface area (Å²) in [5.41, 5.74) is 0. The summed E-state index contributed by atoms with van der Waals surface area (Å²) in [4.78, 5) is 0. The van der Waals surface area contributed by atoms with Crippen LogP contribution in [0.15, 0.2) is 25.7 Å². The summed E-state index contributed by atoms with van der Waals surface area (Å²) in [7, 11) is 0. The van der Waals surface area contributed by atoms with E-state index < -0.39 is 43.8 Å². The number of ether oxygens (including phenoxy) is 2. The maximum absolute atomic E-state index is 13.2. The van der Waals surface area contributed by atoms with Crippen LogP contribution in [0.2, 0.25) is 0 Å². The second kappa shape index (κ2) is 6.72. The number of hydrogen-bond donors (Lipinski definition) is 0. The van der Waals surface area contributed by atoms with Gasteiger partial charge in [-0.1, -0.05) is 13.2 Å². The molecule has 19 heavy (non-hydrogen) atoms. The van der Waals surface area contributed by atoms with E-state index in [4.69, 9.17) is 0 Å². The van der Waals surface area contributed by atoms with Crippen LogP contribution in [0.3, 0.4) is 0 Å². The molecule has 0 aliphatic carbocycles. The van der Waals surface area contributed by atoms with E-state index in [1.807, 2.05) is 0 Å². The average molecular weight is 292 g/mol. The molecule has 0 bridgehead atoms. The topological polar surface area (TPSA) is 18.5 Å². The third-order valence-corrected chi connectivity index (χ3v) is 2.22. The lowest BCUT2D eigenvalue weighted by Crippen LogP contribution is -2.54. The van der Waals surface area contributed by atoms with E-state index in [0.717, 1.165) is 12.5 Å². The lowest BCUT2D eigenvalue weighted by molar-refractivity contribution is -0.314. The average Bonchev–Trinajstić information content (AvgIpc) is 2.29. The minimum absolute atomic E-state index is 0.754. The van der Waals surface area contributed by atoms with Crippen LogP contribution in [0.25, 0.3) is 0 Å². The monoisotopic (exact) mass is 292 g/mol. The first kappa shape index (κ1) is 17.7. The lowest BCUT2D eigenvalue weighted by Gasteiger charge is -2.32. The Balaban J connectivity index is 4.77. The van der Waals surface area contributed by atoms with Crippen LogP contribution in [0, 0.1) is 0 Å². The van der Waals surface area contributed by atoms with Crippen LogP contribution >= 0.6 is 0 Å². The molecule has 0 unspecified atom stereocenters. The Labute approximate surface area is 106 Å². The van der Waals surface area contributed by atoms with Gasteiger partial charge in [0.15, 0.2) is 0 Å². The number of rotatable bonds is 10. The fraction of sp³-hybridized carbons (Fsp3) is 0.636. The molecule has 0 atom stereocenters. The van der Waals surface area contributed by atoms with Gasteiger partial charge in [-0.15, -0.1) is 0 Å². The smallest absolute Gasteiger partial charge is 0.372 e. The van der Waals surface area contributed by atoms with Crippen molar-refractivity contribution in [1.29, 1.82) is 0 Å². The molecule has 0 saturated carbocycles. The quantitative estimate of drug-likeness (QED) is 0.344. The number of halogens is 6. The van der Waals surface area contributed by atoms with Crippen LogP contribution in [0.5, 0.6) is 0 Å². The molecule has 2 nitrogen and oxygen atoms in total. The molecule has 0 aliphatic rings. The SMILES string of the molecule is C=COCCC(F)(F)C(F)(F)C(F)(F)CCOC=C. The summed E-state index contributed by atoms with van der Waals surface area (Å²) >= 11 is 0. The van der Waals surface area contributed by atoms with Gasteiger partial charge < -0.3 is 9.47 Å². The molecule has 0 saturated heterocycles. The fourth-order valence-corrected chi connectivity index (χ4v) is 1.12. The van der Waals surface area contributed by atoms with E-state index in [2.05, 4.69) is 22.6 Å².